The topological polar surface area (TPSA) is 76.5 Å². The van der Waals surface area contributed by atoms with Crippen LogP contribution in [0, 0.1) is 6.92 Å². The number of nitrogens with zero attached hydrogens (tertiary/aromatic N) is 3. The molecular formula is C28H26Cl2N4O3. The van der Waals surface area contributed by atoms with Crippen LogP contribution in [0.5, 0.6) is 0 Å². The summed E-state index contributed by atoms with van der Waals surface area (Å²) in [5, 5.41) is 4.03. The minimum atomic E-state index is -0.389. The summed E-state index contributed by atoms with van der Waals surface area (Å²) in [6.45, 7) is 2.35. The van der Waals surface area contributed by atoms with E-state index in [0.717, 1.165) is 16.8 Å². The number of aromatic nitrogens is 2. The number of halogens is 2. The Labute approximate surface area is 225 Å². The van der Waals surface area contributed by atoms with Crippen LogP contribution in [0.4, 0.5) is 5.95 Å². The van der Waals surface area contributed by atoms with E-state index in [1.54, 1.807) is 43.5 Å². The highest BCUT2D eigenvalue weighted by atomic mass is 35.5. The summed E-state index contributed by atoms with van der Waals surface area (Å²) >= 11 is 12.0. The maximum Gasteiger partial charge on any atom is 0.254 e. The van der Waals surface area contributed by atoms with Gasteiger partial charge in [-0.15, -0.1) is 0 Å². The van der Waals surface area contributed by atoms with E-state index < -0.39 is 0 Å². The fourth-order valence-electron chi connectivity index (χ4n) is 3.70. The summed E-state index contributed by atoms with van der Waals surface area (Å²) in [5.74, 6) is -0.350. The number of rotatable bonds is 9. The first-order chi connectivity index (χ1) is 17.8. The summed E-state index contributed by atoms with van der Waals surface area (Å²) in [6, 6.07) is 21.7. The van der Waals surface area contributed by atoms with Crippen molar-refractivity contribution >= 4 is 41.0 Å². The SMILES string of the molecule is COCCN(CC(=O)Nc1nc(-c2ccc(Cl)cc2)cn1-c1ccc(C)cc1)C(=O)c1ccc(Cl)cc1. The third-order valence-electron chi connectivity index (χ3n) is 5.69. The Kier molecular flexibility index (Phi) is 8.61. The molecule has 190 valence electrons. The van der Waals surface area contributed by atoms with Crippen molar-refractivity contribution < 1.29 is 14.3 Å². The van der Waals surface area contributed by atoms with Crippen molar-refractivity contribution in [1.29, 1.82) is 0 Å². The van der Waals surface area contributed by atoms with E-state index in [0.29, 0.717) is 27.3 Å². The number of aryl methyl sites for hydroxylation is 1. The Morgan fingerprint density at radius 3 is 2.19 bits per heavy atom. The average molecular weight is 537 g/mol. The smallest absolute Gasteiger partial charge is 0.254 e. The number of carbonyl (C=O) groups is 2. The van der Waals surface area contributed by atoms with Crippen molar-refractivity contribution in [3.63, 3.8) is 0 Å². The lowest BCUT2D eigenvalue weighted by atomic mass is 10.2. The monoisotopic (exact) mass is 536 g/mol. The molecule has 0 radical (unpaired) electrons. The summed E-state index contributed by atoms with van der Waals surface area (Å²) < 4.78 is 6.96. The molecule has 0 saturated heterocycles. The van der Waals surface area contributed by atoms with E-state index in [-0.39, 0.29) is 31.5 Å². The van der Waals surface area contributed by atoms with Gasteiger partial charge in [-0.05, 0) is 55.5 Å². The van der Waals surface area contributed by atoms with Gasteiger partial charge in [-0.25, -0.2) is 4.98 Å². The van der Waals surface area contributed by atoms with Crippen molar-refractivity contribution in [1.82, 2.24) is 14.5 Å². The molecule has 7 nitrogen and oxygen atoms in total. The average Bonchev–Trinajstić information content (AvgIpc) is 3.31. The molecule has 0 aliphatic rings. The summed E-state index contributed by atoms with van der Waals surface area (Å²) in [6.07, 6.45) is 1.85. The van der Waals surface area contributed by atoms with Gasteiger partial charge in [0, 0.05) is 46.7 Å². The molecule has 4 aromatic rings. The highest BCUT2D eigenvalue weighted by Gasteiger charge is 2.21. The second-order valence-electron chi connectivity index (χ2n) is 8.44. The van der Waals surface area contributed by atoms with Crippen molar-refractivity contribution in [3.05, 3.63) is 100 Å². The number of carbonyl (C=O) groups excluding carboxylic acids is 2. The minimum Gasteiger partial charge on any atom is -0.383 e. The van der Waals surface area contributed by atoms with Crippen LogP contribution in [0.3, 0.4) is 0 Å². The Morgan fingerprint density at radius 1 is 0.946 bits per heavy atom. The molecule has 0 unspecified atom stereocenters. The molecule has 1 N–H and O–H groups in total. The molecule has 0 fully saturated rings. The first-order valence-electron chi connectivity index (χ1n) is 11.6. The zero-order chi connectivity index (χ0) is 26.4. The van der Waals surface area contributed by atoms with Crippen LogP contribution in [-0.2, 0) is 9.53 Å². The van der Waals surface area contributed by atoms with Gasteiger partial charge in [0.05, 0.1) is 12.3 Å². The number of hydrogen-bond acceptors (Lipinski definition) is 4. The van der Waals surface area contributed by atoms with Crippen molar-refractivity contribution in [2.75, 3.05) is 32.1 Å². The van der Waals surface area contributed by atoms with Gasteiger partial charge in [0.2, 0.25) is 11.9 Å². The van der Waals surface area contributed by atoms with Crippen LogP contribution in [0.1, 0.15) is 15.9 Å². The first-order valence-corrected chi connectivity index (χ1v) is 12.4. The van der Waals surface area contributed by atoms with Gasteiger partial charge in [0.15, 0.2) is 0 Å². The molecule has 0 spiro atoms. The molecule has 37 heavy (non-hydrogen) atoms. The van der Waals surface area contributed by atoms with E-state index in [1.165, 1.54) is 4.90 Å². The number of imidazole rings is 1. The molecule has 1 heterocycles. The van der Waals surface area contributed by atoms with E-state index in [9.17, 15) is 9.59 Å². The highest BCUT2D eigenvalue weighted by Crippen LogP contribution is 2.26. The predicted molar refractivity (Wildman–Crippen MR) is 147 cm³/mol. The number of benzene rings is 3. The number of nitrogens with one attached hydrogen (secondary N) is 1. The number of amides is 2. The van der Waals surface area contributed by atoms with Crippen molar-refractivity contribution in [2.45, 2.75) is 6.92 Å². The van der Waals surface area contributed by atoms with Crippen LogP contribution in [-0.4, -0.2) is 53.1 Å². The molecule has 1 aromatic heterocycles. The van der Waals surface area contributed by atoms with Gasteiger partial charge < -0.3 is 9.64 Å². The standard InChI is InChI=1S/C28H26Cl2N4O3/c1-19-3-13-24(14-4-19)34-17-25(20-5-9-22(29)10-6-20)31-28(34)32-26(35)18-33(15-16-37-2)27(36)21-7-11-23(30)12-8-21/h3-14,17H,15-16,18H2,1-2H3,(H,31,32,35). The van der Waals surface area contributed by atoms with E-state index in [1.807, 2.05) is 54.1 Å². The van der Waals surface area contributed by atoms with Gasteiger partial charge in [0.25, 0.3) is 5.91 Å². The molecule has 0 bridgehead atoms. The van der Waals surface area contributed by atoms with E-state index in [2.05, 4.69) is 10.3 Å². The van der Waals surface area contributed by atoms with Gasteiger partial charge in [-0.3, -0.25) is 19.5 Å². The fourth-order valence-corrected chi connectivity index (χ4v) is 3.95. The lowest BCUT2D eigenvalue weighted by Crippen LogP contribution is -2.40. The van der Waals surface area contributed by atoms with Crippen LogP contribution in [0.15, 0.2) is 79.0 Å². The molecule has 4 rings (SSSR count). The van der Waals surface area contributed by atoms with Gasteiger partial charge in [0.1, 0.15) is 6.54 Å². The largest absolute Gasteiger partial charge is 0.383 e. The molecule has 0 aliphatic carbocycles. The van der Waals surface area contributed by atoms with Crippen LogP contribution >= 0.6 is 23.2 Å². The predicted octanol–water partition coefficient (Wildman–Crippen LogP) is 5.88. The zero-order valence-electron chi connectivity index (χ0n) is 20.4. The summed E-state index contributed by atoms with van der Waals surface area (Å²) in [7, 11) is 1.54. The lowest BCUT2D eigenvalue weighted by Gasteiger charge is -2.22. The van der Waals surface area contributed by atoms with Crippen LogP contribution in [0.25, 0.3) is 16.9 Å². The maximum absolute atomic E-state index is 13.2. The minimum absolute atomic E-state index is 0.179. The third kappa shape index (κ3) is 6.77. The molecule has 0 atom stereocenters. The Balaban J connectivity index is 1.60. The molecule has 2 amide bonds. The molecular weight excluding hydrogens is 511 g/mol. The van der Waals surface area contributed by atoms with Gasteiger partial charge >= 0.3 is 0 Å². The zero-order valence-corrected chi connectivity index (χ0v) is 22.0. The van der Waals surface area contributed by atoms with Crippen LogP contribution in [0.2, 0.25) is 10.0 Å². The number of anilines is 1. The van der Waals surface area contributed by atoms with Crippen molar-refractivity contribution in [3.8, 4) is 16.9 Å². The summed E-state index contributed by atoms with van der Waals surface area (Å²) in [4.78, 5) is 32.4. The number of ether oxygens (including phenoxy) is 1. The maximum atomic E-state index is 13.2. The summed E-state index contributed by atoms with van der Waals surface area (Å²) in [5.41, 5.74) is 3.90. The third-order valence-corrected chi connectivity index (χ3v) is 6.19. The fraction of sp³-hybridized carbons (Fsp3) is 0.179. The second-order valence-corrected chi connectivity index (χ2v) is 9.31. The Hall–Kier alpha value is -3.65. The Morgan fingerprint density at radius 2 is 1.57 bits per heavy atom. The molecule has 0 saturated carbocycles. The van der Waals surface area contributed by atoms with E-state index in [4.69, 9.17) is 27.9 Å². The van der Waals surface area contributed by atoms with Gasteiger partial charge in [-0.2, -0.15) is 0 Å². The normalized spacial score (nSPS) is 10.8. The van der Waals surface area contributed by atoms with E-state index >= 15 is 0 Å². The lowest BCUT2D eigenvalue weighted by molar-refractivity contribution is -0.117. The van der Waals surface area contributed by atoms with Crippen LogP contribution < -0.4 is 5.32 Å². The molecule has 9 heteroatoms. The van der Waals surface area contributed by atoms with Gasteiger partial charge in [-0.1, -0.05) is 53.0 Å². The first kappa shape index (κ1) is 26.4. The number of methoxy groups -OCH3 is 1. The number of hydrogen-bond donors (Lipinski definition) is 1. The molecule has 3 aromatic carbocycles. The highest BCUT2D eigenvalue weighted by molar-refractivity contribution is 6.31. The quantitative estimate of drug-likeness (QED) is 0.289. The molecule has 0 aliphatic heterocycles. The Bertz CT molecular complexity index is 1370. The van der Waals surface area contributed by atoms with Crippen molar-refractivity contribution in [2.24, 2.45) is 0 Å². The second kappa shape index (κ2) is 12.1.